The first-order valence-electron chi connectivity index (χ1n) is 3.89. The first kappa shape index (κ1) is 9.15. The molecule has 1 aromatic heterocycles. The molecule has 12 heavy (non-hydrogen) atoms. The summed E-state index contributed by atoms with van der Waals surface area (Å²) < 4.78 is 6.68. The summed E-state index contributed by atoms with van der Waals surface area (Å²) in [5.41, 5.74) is 0.952. The van der Waals surface area contributed by atoms with Crippen LogP contribution in [0.5, 0.6) is 0 Å². The molecule has 68 valence electrons. The average Bonchev–Trinajstić information content (AvgIpc) is 2.50. The Balaban J connectivity index is 2.41. The van der Waals surface area contributed by atoms with Crippen LogP contribution in [0.15, 0.2) is 6.20 Å². The van der Waals surface area contributed by atoms with E-state index in [2.05, 4.69) is 15.6 Å². The molecular formula is C7H14N4O. The third-order valence-corrected chi connectivity index (χ3v) is 1.47. The Morgan fingerprint density at radius 3 is 3.17 bits per heavy atom. The average molecular weight is 170 g/mol. The van der Waals surface area contributed by atoms with E-state index in [4.69, 9.17) is 4.74 Å². The van der Waals surface area contributed by atoms with Crippen molar-refractivity contribution in [2.24, 2.45) is 0 Å². The molecule has 0 bridgehead atoms. The minimum Gasteiger partial charge on any atom is -0.383 e. The number of ether oxygens (including phenoxy) is 1. The molecule has 1 heterocycles. The third-order valence-electron chi connectivity index (χ3n) is 1.47. The number of rotatable bonds is 5. The van der Waals surface area contributed by atoms with Crippen molar-refractivity contribution in [3.63, 3.8) is 0 Å². The van der Waals surface area contributed by atoms with E-state index in [1.807, 2.05) is 13.2 Å². The summed E-state index contributed by atoms with van der Waals surface area (Å²) >= 11 is 0. The SMILES string of the molecule is CNCc1cn(CCOC)nn1. The molecule has 1 N–H and O–H groups in total. The molecule has 5 heteroatoms. The zero-order valence-electron chi connectivity index (χ0n) is 7.45. The van der Waals surface area contributed by atoms with Crippen LogP contribution < -0.4 is 5.32 Å². The van der Waals surface area contributed by atoms with E-state index >= 15 is 0 Å². The van der Waals surface area contributed by atoms with Gasteiger partial charge in [0.25, 0.3) is 0 Å². The largest absolute Gasteiger partial charge is 0.383 e. The van der Waals surface area contributed by atoms with Gasteiger partial charge >= 0.3 is 0 Å². The summed E-state index contributed by atoms with van der Waals surface area (Å²) in [6.45, 7) is 2.18. The lowest BCUT2D eigenvalue weighted by Crippen LogP contribution is -2.05. The summed E-state index contributed by atoms with van der Waals surface area (Å²) in [5.74, 6) is 0. The van der Waals surface area contributed by atoms with Crippen LogP contribution in [-0.2, 0) is 17.8 Å². The van der Waals surface area contributed by atoms with Crippen LogP contribution in [0.1, 0.15) is 5.69 Å². The predicted molar refractivity (Wildman–Crippen MR) is 44.7 cm³/mol. The minimum atomic E-state index is 0.669. The molecule has 0 aromatic carbocycles. The molecular weight excluding hydrogens is 156 g/mol. The maximum Gasteiger partial charge on any atom is 0.0964 e. The van der Waals surface area contributed by atoms with Gasteiger partial charge in [-0.2, -0.15) is 0 Å². The second-order valence-corrected chi connectivity index (χ2v) is 2.50. The van der Waals surface area contributed by atoms with Gasteiger partial charge in [-0.25, -0.2) is 4.68 Å². The van der Waals surface area contributed by atoms with Gasteiger partial charge in [-0.05, 0) is 7.05 Å². The van der Waals surface area contributed by atoms with E-state index < -0.39 is 0 Å². The summed E-state index contributed by atoms with van der Waals surface area (Å²) in [7, 11) is 3.56. The van der Waals surface area contributed by atoms with Crippen molar-refractivity contribution in [2.75, 3.05) is 20.8 Å². The quantitative estimate of drug-likeness (QED) is 0.656. The smallest absolute Gasteiger partial charge is 0.0964 e. The Kier molecular flexibility index (Phi) is 3.69. The lowest BCUT2D eigenvalue weighted by atomic mass is 10.5. The van der Waals surface area contributed by atoms with Crippen LogP contribution >= 0.6 is 0 Å². The molecule has 0 aliphatic rings. The van der Waals surface area contributed by atoms with Crippen molar-refractivity contribution in [2.45, 2.75) is 13.1 Å². The Morgan fingerprint density at radius 1 is 1.67 bits per heavy atom. The maximum atomic E-state index is 4.91. The van der Waals surface area contributed by atoms with Gasteiger partial charge in [0, 0.05) is 19.9 Å². The lowest BCUT2D eigenvalue weighted by Gasteiger charge is -1.96. The van der Waals surface area contributed by atoms with Gasteiger partial charge in [0.1, 0.15) is 0 Å². The molecule has 0 amide bonds. The van der Waals surface area contributed by atoms with E-state index in [-0.39, 0.29) is 0 Å². The van der Waals surface area contributed by atoms with Gasteiger partial charge in [-0.3, -0.25) is 0 Å². The van der Waals surface area contributed by atoms with Gasteiger partial charge in [-0.1, -0.05) is 5.21 Å². The standard InChI is InChI=1S/C7H14N4O/c1-8-5-7-6-11(10-9-7)3-4-12-2/h6,8H,3-5H2,1-2H3. The Morgan fingerprint density at radius 2 is 2.50 bits per heavy atom. The Hall–Kier alpha value is -0.940. The van der Waals surface area contributed by atoms with Crippen molar-refractivity contribution >= 4 is 0 Å². The number of methoxy groups -OCH3 is 1. The molecule has 0 fully saturated rings. The highest BCUT2D eigenvalue weighted by molar-refractivity contribution is 4.90. The zero-order chi connectivity index (χ0) is 8.81. The highest BCUT2D eigenvalue weighted by Gasteiger charge is 1.97. The monoisotopic (exact) mass is 170 g/mol. The second-order valence-electron chi connectivity index (χ2n) is 2.50. The first-order chi connectivity index (χ1) is 5.86. The highest BCUT2D eigenvalue weighted by atomic mass is 16.5. The van der Waals surface area contributed by atoms with Crippen LogP contribution in [0, 0.1) is 0 Å². The molecule has 1 aromatic rings. The molecule has 0 saturated carbocycles. The third kappa shape index (κ3) is 2.60. The van der Waals surface area contributed by atoms with E-state index in [0.29, 0.717) is 6.61 Å². The van der Waals surface area contributed by atoms with E-state index in [1.54, 1.807) is 11.8 Å². The van der Waals surface area contributed by atoms with Gasteiger partial charge in [-0.15, -0.1) is 5.10 Å². The fourth-order valence-electron chi connectivity index (χ4n) is 0.895. The number of nitrogens with one attached hydrogen (secondary N) is 1. The minimum absolute atomic E-state index is 0.669. The van der Waals surface area contributed by atoms with Crippen LogP contribution in [-0.4, -0.2) is 35.8 Å². The van der Waals surface area contributed by atoms with Gasteiger partial charge in [0.15, 0.2) is 0 Å². The zero-order valence-corrected chi connectivity index (χ0v) is 7.45. The van der Waals surface area contributed by atoms with Gasteiger partial charge in [0.2, 0.25) is 0 Å². The predicted octanol–water partition coefficient (Wildman–Crippen LogP) is -0.356. The number of nitrogens with zero attached hydrogens (tertiary/aromatic N) is 3. The fraction of sp³-hybridized carbons (Fsp3) is 0.714. The fourth-order valence-corrected chi connectivity index (χ4v) is 0.895. The van der Waals surface area contributed by atoms with Crippen LogP contribution in [0.3, 0.4) is 0 Å². The van der Waals surface area contributed by atoms with Crippen LogP contribution in [0.2, 0.25) is 0 Å². The molecule has 5 nitrogen and oxygen atoms in total. The van der Waals surface area contributed by atoms with Crippen molar-refractivity contribution in [1.82, 2.24) is 20.3 Å². The van der Waals surface area contributed by atoms with Gasteiger partial charge < -0.3 is 10.1 Å². The summed E-state index contributed by atoms with van der Waals surface area (Å²) in [6, 6.07) is 0. The molecule has 0 aliphatic carbocycles. The van der Waals surface area contributed by atoms with Crippen LogP contribution in [0.4, 0.5) is 0 Å². The maximum absolute atomic E-state index is 4.91. The van der Waals surface area contributed by atoms with Gasteiger partial charge in [0.05, 0.1) is 18.8 Å². The molecule has 1 rings (SSSR count). The van der Waals surface area contributed by atoms with Crippen molar-refractivity contribution in [3.8, 4) is 0 Å². The van der Waals surface area contributed by atoms with Crippen molar-refractivity contribution in [3.05, 3.63) is 11.9 Å². The number of hydrogen-bond donors (Lipinski definition) is 1. The first-order valence-corrected chi connectivity index (χ1v) is 3.89. The molecule has 0 atom stereocenters. The normalized spacial score (nSPS) is 10.5. The van der Waals surface area contributed by atoms with E-state index in [9.17, 15) is 0 Å². The summed E-state index contributed by atoms with van der Waals surface area (Å²) in [4.78, 5) is 0. The van der Waals surface area contributed by atoms with Crippen LogP contribution in [0.25, 0.3) is 0 Å². The molecule has 0 saturated heterocycles. The molecule has 0 unspecified atom stereocenters. The molecule has 0 spiro atoms. The molecule has 0 aliphatic heterocycles. The summed E-state index contributed by atoms with van der Waals surface area (Å²) in [6.07, 6.45) is 1.91. The lowest BCUT2D eigenvalue weighted by molar-refractivity contribution is 0.183. The second kappa shape index (κ2) is 4.84. The summed E-state index contributed by atoms with van der Waals surface area (Å²) in [5, 5.41) is 10.9. The Labute approximate surface area is 71.7 Å². The molecule has 0 radical (unpaired) electrons. The topological polar surface area (TPSA) is 52.0 Å². The van der Waals surface area contributed by atoms with E-state index in [0.717, 1.165) is 18.8 Å². The highest BCUT2D eigenvalue weighted by Crippen LogP contribution is 1.91. The van der Waals surface area contributed by atoms with Crippen molar-refractivity contribution < 1.29 is 4.74 Å². The number of hydrogen-bond acceptors (Lipinski definition) is 4. The Bertz CT molecular complexity index is 223. The number of aromatic nitrogens is 3. The van der Waals surface area contributed by atoms with Crippen molar-refractivity contribution in [1.29, 1.82) is 0 Å². The van der Waals surface area contributed by atoms with E-state index in [1.165, 1.54) is 0 Å².